The predicted octanol–water partition coefficient (Wildman–Crippen LogP) is 4.02. The molecule has 0 spiro atoms. The molecule has 5 rings (SSSR count). The lowest BCUT2D eigenvalue weighted by Gasteiger charge is -2.37. The van der Waals surface area contributed by atoms with Crippen LogP contribution in [0.25, 0.3) is 10.9 Å². The van der Waals surface area contributed by atoms with Gasteiger partial charge in [0.1, 0.15) is 0 Å². The van der Waals surface area contributed by atoms with Gasteiger partial charge in [-0.1, -0.05) is 12.1 Å². The van der Waals surface area contributed by atoms with Gasteiger partial charge in [0.05, 0.1) is 5.52 Å². The Bertz CT molecular complexity index is 1360. The Morgan fingerprint density at radius 1 is 1.21 bits per heavy atom. The molecule has 0 amide bonds. The number of pyridine rings is 2. The highest BCUT2D eigenvalue weighted by atomic mass is 16.1. The van der Waals surface area contributed by atoms with E-state index in [-0.39, 0.29) is 11.5 Å². The first-order valence-corrected chi connectivity index (χ1v) is 12.0. The molecule has 1 unspecified atom stereocenters. The Labute approximate surface area is 199 Å². The largest absolute Gasteiger partial charge is 0.350 e. The fourth-order valence-corrected chi connectivity index (χ4v) is 5.21. The molecule has 1 aliphatic rings. The minimum Gasteiger partial charge on any atom is -0.350 e. The highest BCUT2D eigenvalue weighted by Gasteiger charge is 2.29. The second kappa shape index (κ2) is 9.43. The van der Waals surface area contributed by atoms with Crippen LogP contribution in [-0.2, 0) is 13.6 Å². The van der Waals surface area contributed by atoms with E-state index in [1.54, 1.807) is 0 Å². The van der Waals surface area contributed by atoms with Gasteiger partial charge in [0, 0.05) is 73.7 Å². The fraction of sp³-hybridized carbons (Fsp3) is 0.370. The molecule has 7 heteroatoms. The number of H-pyrrole nitrogens is 1. The highest BCUT2D eigenvalue weighted by Crippen LogP contribution is 2.32. The molecule has 4 aromatic rings. The third-order valence-electron chi connectivity index (χ3n) is 6.88. The first-order chi connectivity index (χ1) is 16.5. The number of aromatic nitrogens is 4. The van der Waals surface area contributed by atoms with Gasteiger partial charge in [-0.05, 0) is 62.4 Å². The van der Waals surface area contributed by atoms with Crippen molar-refractivity contribution in [3.63, 3.8) is 0 Å². The summed E-state index contributed by atoms with van der Waals surface area (Å²) < 4.78 is 2.04. The average molecular weight is 457 g/mol. The standard InChI is InChI=1S/C27H32N6O/c1-18-13-20(10-11-28-18)25(21-7-6-12-33(17-21)27-30-14-19(2)31-27)29-15-22-16-32(3)24-9-5-4-8-23(24)26(22)34/h4-5,8-11,13-14,16,21,25,29H,6-7,12,15,17H2,1-3H3,(H,30,31)/t21-,25?/m0/s1. The van der Waals surface area contributed by atoms with Crippen LogP contribution < -0.4 is 15.6 Å². The number of rotatable bonds is 6. The van der Waals surface area contributed by atoms with Crippen LogP contribution in [0.1, 0.15) is 41.4 Å². The zero-order valence-electron chi connectivity index (χ0n) is 20.1. The summed E-state index contributed by atoms with van der Waals surface area (Å²) in [6.07, 6.45) is 7.95. The number of anilines is 1. The van der Waals surface area contributed by atoms with E-state index in [0.717, 1.165) is 59.7 Å². The first kappa shape index (κ1) is 22.3. The molecule has 176 valence electrons. The van der Waals surface area contributed by atoms with Crippen molar-refractivity contribution in [1.29, 1.82) is 0 Å². The Morgan fingerprint density at radius 3 is 2.85 bits per heavy atom. The normalized spacial score (nSPS) is 17.3. The van der Waals surface area contributed by atoms with Gasteiger partial charge in [0.2, 0.25) is 5.95 Å². The molecule has 3 aromatic heterocycles. The SMILES string of the molecule is Cc1cc(C(NCc2cn(C)c3ccccc3c2=O)[C@H]2CCCN(c3ncc(C)[nH]3)C2)ccn1. The summed E-state index contributed by atoms with van der Waals surface area (Å²) in [5, 5.41) is 4.52. The minimum atomic E-state index is 0.0993. The molecular formula is C27H32N6O. The first-order valence-electron chi connectivity index (χ1n) is 12.0. The zero-order chi connectivity index (χ0) is 23.7. The molecule has 0 bridgehead atoms. The van der Waals surface area contributed by atoms with Crippen LogP contribution in [0.2, 0.25) is 0 Å². The lowest BCUT2D eigenvalue weighted by molar-refractivity contribution is 0.305. The molecule has 2 atom stereocenters. The highest BCUT2D eigenvalue weighted by molar-refractivity contribution is 5.79. The van der Waals surface area contributed by atoms with E-state index < -0.39 is 0 Å². The van der Waals surface area contributed by atoms with E-state index >= 15 is 0 Å². The number of nitrogens with zero attached hydrogens (tertiary/aromatic N) is 4. The number of piperidine rings is 1. The summed E-state index contributed by atoms with van der Waals surface area (Å²) in [6, 6.07) is 12.2. The van der Waals surface area contributed by atoms with Crippen molar-refractivity contribution < 1.29 is 0 Å². The molecule has 1 aromatic carbocycles. The van der Waals surface area contributed by atoms with E-state index in [0.29, 0.717) is 12.5 Å². The van der Waals surface area contributed by atoms with E-state index in [2.05, 4.69) is 37.3 Å². The van der Waals surface area contributed by atoms with Crippen molar-refractivity contribution in [1.82, 2.24) is 24.8 Å². The van der Waals surface area contributed by atoms with E-state index in [4.69, 9.17) is 0 Å². The van der Waals surface area contributed by atoms with Gasteiger partial charge in [-0.3, -0.25) is 9.78 Å². The van der Waals surface area contributed by atoms with Gasteiger partial charge in [0.25, 0.3) is 0 Å². The molecule has 0 radical (unpaired) electrons. The van der Waals surface area contributed by atoms with Crippen LogP contribution in [0.5, 0.6) is 0 Å². The van der Waals surface area contributed by atoms with Crippen molar-refractivity contribution in [2.24, 2.45) is 13.0 Å². The van der Waals surface area contributed by atoms with E-state index in [1.165, 1.54) is 5.56 Å². The molecule has 0 aliphatic carbocycles. The van der Waals surface area contributed by atoms with Gasteiger partial charge < -0.3 is 19.8 Å². The zero-order valence-corrected chi connectivity index (χ0v) is 20.1. The Kier molecular flexibility index (Phi) is 6.20. The van der Waals surface area contributed by atoms with Crippen LogP contribution >= 0.6 is 0 Å². The number of hydrogen-bond acceptors (Lipinski definition) is 5. The van der Waals surface area contributed by atoms with E-state index in [1.807, 2.05) is 68.3 Å². The Balaban J connectivity index is 1.44. The maximum atomic E-state index is 13.2. The smallest absolute Gasteiger partial charge is 0.202 e. The third-order valence-corrected chi connectivity index (χ3v) is 6.88. The summed E-state index contributed by atoms with van der Waals surface area (Å²) in [5.74, 6) is 1.32. The minimum absolute atomic E-state index is 0.0993. The quantitative estimate of drug-likeness (QED) is 0.458. The average Bonchev–Trinajstić information content (AvgIpc) is 3.29. The number of benzene rings is 1. The molecule has 4 heterocycles. The Hall–Kier alpha value is -3.45. The summed E-state index contributed by atoms with van der Waals surface area (Å²) in [5.41, 5.74) is 5.12. The van der Waals surface area contributed by atoms with Crippen LogP contribution in [-0.4, -0.2) is 32.6 Å². The number of imidazole rings is 1. The Morgan fingerprint density at radius 2 is 2.06 bits per heavy atom. The van der Waals surface area contributed by atoms with Crippen LogP contribution in [0.15, 0.2) is 59.8 Å². The number of para-hydroxylation sites is 1. The second-order valence-corrected chi connectivity index (χ2v) is 9.44. The van der Waals surface area contributed by atoms with Crippen molar-refractivity contribution in [2.45, 2.75) is 39.3 Å². The third kappa shape index (κ3) is 4.48. The molecule has 1 aliphatic heterocycles. The van der Waals surface area contributed by atoms with Crippen LogP contribution in [0.4, 0.5) is 5.95 Å². The summed E-state index contributed by atoms with van der Waals surface area (Å²) >= 11 is 0. The number of fused-ring (bicyclic) bond motifs is 1. The van der Waals surface area contributed by atoms with Crippen LogP contribution in [0, 0.1) is 19.8 Å². The van der Waals surface area contributed by atoms with Crippen molar-refractivity contribution >= 4 is 16.9 Å². The van der Waals surface area contributed by atoms with Crippen molar-refractivity contribution in [3.8, 4) is 0 Å². The maximum Gasteiger partial charge on any atom is 0.202 e. The lowest BCUT2D eigenvalue weighted by atomic mass is 9.86. The lowest BCUT2D eigenvalue weighted by Crippen LogP contribution is -2.42. The molecule has 34 heavy (non-hydrogen) atoms. The maximum absolute atomic E-state index is 13.2. The summed E-state index contributed by atoms with van der Waals surface area (Å²) in [4.78, 5) is 27.9. The number of aromatic amines is 1. The molecule has 0 saturated carbocycles. The van der Waals surface area contributed by atoms with Gasteiger partial charge in [-0.15, -0.1) is 0 Å². The number of aryl methyl sites for hydroxylation is 3. The van der Waals surface area contributed by atoms with Crippen LogP contribution in [0.3, 0.4) is 0 Å². The summed E-state index contributed by atoms with van der Waals surface area (Å²) in [6.45, 7) is 6.48. The second-order valence-electron chi connectivity index (χ2n) is 9.44. The van der Waals surface area contributed by atoms with Crippen molar-refractivity contribution in [3.05, 3.63) is 87.7 Å². The van der Waals surface area contributed by atoms with Gasteiger partial charge in [-0.2, -0.15) is 0 Å². The summed E-state index contributed by atoms with van der Waals surface area (Å²) in [7, 11) is 2.00. The predicted molar refractivity (Wildman–Crippen MR) is 136 cm³/mol. The number of hydrogen-bond donors (Lipinski definition) is 2. The van der Waals surface area contributed by atoms with E-state index in [9.17, 15) is 4.79 Å². The molecule has 7 nitrogen and oxygen atoms in total. The molecule has 2 N–H and O–H groups in total. The fourth-order valence-electron chi connectivity index (χ4n) is 5.21. The van der Waals surface area contributed by atoms with Gasteiger partial charge in [-0.25, -0.2) is 4.98 Å². The number of nitrogens with one attached hydrogen (secondary N) is 2. The van der Waals surface area contributed by atoms with Gasteiger partial charge in [0.15, 0.2) is 5.43 Å². The molecular weight excluding hydrogens is 424 g/mol. The topological polar surface area (TPSA) is 78.8 Å². The molecule has 1 saturated heterocycles. The molecule has 1 fully saturated rings. The monoisotopic (exact) mass is 456 g/mol. The van der Waals surface area contributed by atoms with Gasteiger partial charge >= 0.3 is 0 Å². The van der Waals surface area contributed by atoms with Crippen molar-refractivity contribution in [2.75, 3.05) is 18.0 Å².